The Morgan fingerprint density at radius 3 is 2.70 bits per heavy atom. The second kappa shape index (κ2) is 6.83. The van der Waals surface area contributed by atoms with Gasteiger partial charge in [-0.1, -0.05) is 34.5 Å². The summed E-state index contributed by atoms with van der Waals surface area (Å²) in [6.45, 7) is 2.76. The van der Waals surface area contributed by atoms with Crippen LogP contribution in [0.1, 0.15) is 35.3 Å². The van der Waals surface area contributed by atoms with Gasteiger partial charge in [0.1, 0.15) is 0 Å². The first-order valence-electron chi connectivity index (χ1n) is 8.03. The molecule has 1 aliphatic carbocycles. The van der Waals surface area contributed by atoms with E-state index in [1.54, 1.807) is 0 Å². The highest BCUT2D eigenvalue weighted by molar-refractivity contribution is 9.10. The van der Waals surface area contributed by atoms with Gasteiger partial charge in [0, 0.05) is 23.6 Å². The lowest BCUT2D eigenvalue weighted by molar-refractivity contribution is 0.0744. The van der Waals surface area contributed by atoms with E-state index in [4.69, 9.17) is 0 Å². The van der Waals surface area contributed by atoms with E-state index in [0.717, 1.165) is 28.0 Å². The number of halogens is 1. The molecule has 1 amide bonds. The van der Waals surface area contributed by atoms with Crippen LogP contribution in [0.5, 0.6) is 0 Å². The van der Waals surface area contributed by atoms with Crippen molar-refractivity contribution in [3.8, 4) is 11.3 Å². The molecule has 2 aromatic rings. The van der Waals surface area contributed by atoms with Crippen molar-refractivity contribution in [1.29, 1.82) is 0 Å². The van der Waals surface area contributed by atoms with Crippen LogP contribution in [0, 0.1) is 12.8 Å². The molecule has 1 aromatic carbocycles. The van der Waals surface area contributed by atoms with Crippen LogP contribution in [0.3, 0.4) is 0 Å². The van der Waals surface area contributed by atoms with Gasteiger partial charge in [0.15, 0.2) is 0 Å². The first kappa shape index (κ1) is 16.2. The van der Waals surface area contributed by atoms with Crippen LogP contribution in [0.25, 0.3) is 11.3 Å². The van der Waals surface area contributed by atoms with E-state index in [1.165, 1.54) is 19.3 Å². The molecule has 3 nitrogen and oxygen atoms in total. The smallest absolute Gasteiger partial charge is 0.255 e. The van der Waals surface area contributed by atoms with Gasteiger partial charge in [0.05, 0.1) is 17.0 Å². The summed E-state index contributed by atoms with van der Waals surface area (Å²) < 4.78 is 1.02. The SMILES string of the molecule is Cc1nc(-c2cccc(Br)c2)ccc1C(=O)N(C)CC1CCC1. The molecule has 0 aliphatic heterocycles. The number of nitrogens with zero attached hydrogens (tertiary/aromatic N) is 2. The van der Waals surface area contributed by atoms with Gasteiger partial charge < -0.3 is 4.90 Å². The number of benzene rings is 1. The minimum Gasteiger partial charge on any atom is -0.341 e. The van der Waals surface area contributed by atoms with Gasteiger partial charge in [-0.15, -0.1) is 0 Å². The minimum absolute atomic E-state index is 0.0719. The van der Waals surface area contributed by atoms with E-state index >= 15 is 0 Å². The molecule has 0 radical (unpaired) electrons. The quantitative estimate of drug-likeness (QED) is 0.779. The Balaban J connectivity index is 1.79. The number of carbonyl (C=O) groups is 1. The zero-order valence-electron chi connectivity index (χ0n) is 13.6. The number of rotatable bonds is 4. The van der Waals surface area contributed by atoms with Crippen LogP contribution < -0.4 is 0 Å². The largest absolute Gasteiger partial charge is 0.341 e. The Morgan fingerprint density at radius 1 is 1.30 bits per heavy atom. The average molecular weight is 373 g/mol. The summed E-state index contributed by atoms with van der Waals surface area (Å²) in [6, 6.07) is 11.9. The molecule has 23 heavy (non-hydrogen) atoms. The van der Waals surface area contributed by atoms with E-state index in [1.807, 2.05) is 55.3 Å². The van der Waals surface area contributed by atoms with E-state index in [0.29, 0.717) is 11.5 Å². The molecule has 3 rings (SSSR count). The predicted molar refractivity (Wildman–Crippen MR) is 96.4 cm³/mol. The molecule has 0 unspecified atom stereocenters. The van der Waals surface area contributed by atoms with Gasteiger partial charge >= 0.3 is 0 Å². The second-order valence-corrected chi connectivity index (χ2v) is 7.24. The number of hydrogen-bond donors (Lipinski definition) is 0. The highest BCUT2D eigenvalue weighted by atomic mass is 79.9. The maximum atomic E-state index is 12.6. The summed E-state index contributed by atoms with van der Waals surface area (Å²) in [7, 11) is 1.89. The van der Waals surface area contributed by atoms with Crippen LogP contribution in [-0.4, -0.2) is 29.4 Å². The molecule has 1 fully saturated rings. The number of aromatic nitrogens is 1. The van der Waals surface area contributed by atoms with Crippen molar-refractivity contribution in [3.05, 3.63) is 52.1 Å². The summed E-state index contributed by atoms with van der Waals surface area (Å²) >= 11 is 3.48. The van der Waals surface area contributed by atoms with Gasteiger partial charge in [0.25, 0.3) is 5.91 Å². The zero-order valence-corrected chi connectivity index (χ0v) is 15.1. The van der Waals surface area contributed by atoms with Crippen molar-refractivity contribution in [2.75, 3.05) is 13.6 Å². The Morgan fingerprint density at radius 2 is 2.09 bits per heavy atom. The van der Waals surface area contributed by atoms with E-state index in [2.05, 4.69) is 20.9 Å². The van der Waals surface area contributed by atoms with Crippen LogP contribution in [-0.2, 0) is 0 Å². The fourth-order valence-corrected chi connectivity index (χ4v) is 3.35. The molecule has 1 heterocycles. The Hall–Kier alpha value is -1.68. The average Bonchev–Trinajstić information content (AvgIpc) is 2.50. The Kier molecular flexibility index (Phi) is 4.81. The molecule has 1 aliphatic rings. The fourth-order valence-electron chi connectivity index (χ4n) is 2.95. The topological polar surface area (TPSA) is 33.2 Å². The second-order valence-electron chi connectivity index (χ2n) is 6.32. The number of aryl methyl sites for hydroxylation is 1. The molecule has 0 spiro atoms. The van der Waals surface area contributed by atoms with Crippen LogP contribution in [0.15, 0.2) is 40.9 Å². The van der Waals surface area contributed by atoms with Crippen LogP contribution >= 0.6 is 15.9 Å². The number of carbonyl (C=O) groups excluding carboxylic acids is 1. The van der Waals surface area contributed by atoms with Crippen molar-refractivity contribution in [2.24, 2.45) is 5.92 Å². The van der Waals surface area contributed by atoms with Crippen LogP contribution in [0.2, 0.25) is 0 Å². The molecule has 1 saturated carbocycles. The first-order chi connectivity index (χ1) is 11.0. The highest BCUT2D eigenvalue weighted by Gasteiger charge is 2.23. The van der Waals surface area contributed by atoms with Crippen molar-refractivity contribution in [1.82, 2.24) is 9.88 Å². The summed E-state index contributed by atoms with van der Waals surface area (Å²) in [5.41, 5.74) is 3.42. The van der Waals surface area contributed by atoms with E-state index in [9.17, 15) is 4.79 Å². The van der Waals surface area contributed by atoms with Crippen LogP contribution in [0.4, 0.5) is 0 Å². The maximum absolute atomic E-state index is 12.6. The lowest BCUT2D eigenvalue weighted by Gasteiger charge is -2.30. The Labute approximate surface area is 145 Å². The third kappa shape index (κ3) is 3.63. The number of hydrogen-bond acceptors (Lipinski definition) is 2. The molecule has 0 N–H and O–H groups in total. The molecule has 1 aromatic heterocycles. The lowest BCUT2D eigenvalue weighted by atomic mass is 9.85. The van der Waals surface area contributed by atoms with Gasteiger partial charge in [-0.05, 0) is 49.9 Å². The van der Waals surface area contributed by atoms with E-state index < -0.39 is 0 Å². The molecular formula is C19H21BrN2O. The highest BCUT2D eigenvalue weighted by Crippen LogP contribution is 2.27. The molecular weight excluding hydrogens is 352 g/mol. The summed E-state index contributed by atoms with van der Waals surface area (Å²) in [6.07, 6.45) is 3.79. The Bertz CT molecular complexity index is 725. The number of amides is 1. The lowest BCUT2D eigenvalue weighted by Crippen LogP contribution is -2.34. The van der Waals surface area contributed by atoms with Gasteiger partial charge in [-0.25, -0.2) is 0 Å². The summed E-state index contributed by atoms with van der Waals surface area (Å²) in [5, 5.41) is 0. The predicted octanol–water partition coefficient (Wildman–Crippen LogP) is 4.69. The zero-order chi connectivity index (χ0) is 16.4. The van der Waals surface area contributed by atoms with Gasteiger partial charge in [-0.2, -0.15) is 0 Å². The van der Waals surface area contributed by atoms with Crippen molar-refractivity contribution >= 4 is 21.8 Å². The molecule has 4 heteroatoms. The molecule has 0 bridgehead atoms. The fraction of sp³-hybridized carbons (Fsp3) is 0.368. The van der Waals surface area contributed by atoms with E-state index in [-0.39, 0.29) is 5.91 Å². The van der Waals surface area contributed by atoms with Gasteiger partial charge in [0.2, 0.25) is 0 Å². The molecule has 120 valence electrons. The standard InChI is InChI=1S/C19H21BrN2O/c1-13-17(19(23)22(2)12-14-5-3-6-14)9-10-18(21-13)15-7-4-8-16(20)11-15/h4,7-11,14H,3,5-6,12H2,1-2H3. The third-order valence-electron chi connectivity index (χ3n) is 4.54. The van der Waals surface area contributed by atoms with Gasteiger partial charge in [-0.3, -0.25) is 9.78 Å². The molecule has 0 atom stereocenters. The first-order valence-corrected chi connectivity index (χ1v) is 8.83. The number of pyridine rings is 1. The normalized spacial score (nSPS) is 14.4. The maximum Gasteiger partial charge on any atom is 0.255 e. The summed E-state index contributed by atoms with van der Waals surface area (Å²) in [4.78, 5) is 19.1. The van der Waals surface area contributed by atoms with Crippen molar-refractivity contribution in [3.63, 3.8) is 0 Å². The minimum atomic E-state index is 0.0719. The van der Waals surface area contributed by atoms with Crippen molar-refractivity contribution in [2.45, 2.75) is 26.2 Å². The van der Waals surface area contributed by atoms with Crippen molar-refractivity contribution < 1.29 is 4.79 Å². The molecule has 0 saturated heterocycles. The monoisotopic (exact) mass is 372 g/mol. The summed E-state index contributed by atoms with van der Waals surface area (Å²) in [5.74, 6) is 0.751. The third-order valence-corrected chi connectivity index (χ3v) is 5.03.